The van der Waals surface area contributed by atoms with Gasteiger partial charge in [0.15, 0.2) is 5.75 Å². The monoisotopic (exact) mass is 491 g/mol. The van der Waals surface area contributed by atoms with Crippen LogP contribution in [-0.2, 0) is 13.2 Å². The molecule has 31 heavy (non-hydrogen) atoms. The predicted octanol–water partition coefficient (Wildman–Crippen LogP) is 8.35. The van der Waals surface area contributed by atoms with E-state index < -0.39 is 0 Å². The van der Waals surface area contributed by atoms with Gasteiger partial charge >= 0.3 is 0 Å². The highest BCUT2D eigenvalue weighted by Gasteiger charge is 2.13. The van der Waals surface area contributed by atoms with E-state index in [4.69, 9.17) is 51.1 Å². The van der Waals surface area contributed by atoms with E-state index in [1.165, 1.54) is 0 Å². The van der Waals surface area contributed by atoms with Crippen molar-refractivity contribution in [3.05, 3.63) is 97.9 Å². The number of phenols is 1. The normalized spacial score (nSPS) is 11.0. The van der Waals surface area contributed by atoms with E-state index in [0.717, 1.165) is 21.9 Å². The maximum absolute atomic E-state index is 9.79. The van der Waals surface area contributed by atoms with Gasteiger partial charge in [0.1, 0.15) is 12.4 Å². The fourth-order valence-corrected chi connectivity index (χ4v) is 4.31. The summed E-state index contributed by atoms with van der Waals surface area (Å²) in [5.41, 5.74) is 2.37. The Labute approximate surface area is 200 Å². The molecular formula is C24H17Cl4NO2. The first-order valence-electron chi connectivity index (χ1n) is 9.42. The van der Waals surface area contributed by atoms with E-state index in [0.29, 0.717) is 28.0 Å². The smallest absolute Gasteiger partial charge is 0.152 e. The van der Waals surface area contributed by atoms with Gasteiger partial charge in [0, 0.05) is 33.4 Å². The Morgan fingerprint density at radius 1 is 0.742 bits per heavy atom. The molecule has 158 valence electrons. The van der Waals surface area contributed by atoms with Crippen molar-refractivity contribution in [3.63, 3.8) is 0 Å². The number of fused-ring (bicyclic) bond motifs is 1. The van der Waals surface area contributed by atoms with E-state index in [2.05, 4.69) is 5.32 Å². The number of phenolic OH excluding ortho intramolecular Hbond substituents is 1. The predicted molar refractivity (Wildman–Crippen MR) is 130 cm³/mol. The van der Waals surface area contributed by atoms with Crippen LogP contribution in [0.5, 0.6) is 11.5 Å². The van der Waals surface area contributed by atoms with Crippen molar-refractivity contribution in [2.24, 2.45) is 0 Å². The minimum Gasteiger partial charge on any atom is -0.505 e. The molecular weight excluding hydrogens is 476 g/mol. The molecule has 0 aliphatic rings. The lowest BCUT2D eigenvalue weighted by atomic mass is 10.0. The van der Waals surface area contributed by atoms with E-state index in [-0.39, 0.29) is 22.4 Å². The van der Waals surface area contributed by atoms with Gasteiger partial charge in [-0.25, -0.2) is 0 Å². The second kappa shape index (κ2) is 9.46. The Bertz CT molecular complexity index is 1220. The Balaban J connectivity index is 1.66. The molecule has 0 heterocycles. The van der Waals surface area contributed by atoms with Gasteiger partial charge in [-0.15, -0.1) is 0 Å². The molecule has 0 bridgehead atoms. The molecule has 0 radical (unpaired) electrons. The van der Waals surface area contributed by atoms with Crippen LogP contribution < -0.4 is 10.1 Å². The van der Waals surface area contributed by atoms with Crippen LogP contribution in [0.15, 0.2) is 66.7 Å². The minimum absolute atomic E-state index is 0.139. The molecule has 0 saturated carbocycles. The van der Waals surface area contributed by atoms with Gasteiger partial charge in [-0.1, -0.05) is 82.8 Å². The summed E-state index contributed by atoms with van der Waals surface area (Å²) in [5.74, 6) is 0.567. The second-order valence-electron chi connectivity index (χ2n) is 6.89. The number of hydrogen-bond donors (Lipinski definition) is 2. The lowest BCUT2D eigenvalue weighted by Gasteiger charge is -2.17. The van der Waals surface area contributed by atoms with Crippen LogP contribution in [0.25, 0.3) is 10.8 Å². The summed E-state index contributed by atoms with van der Waals surface area (Å²) in [6, 6.07) is 20.6. The fraction of sp³-hybridized carbons (Fsp3) is 0.0833. The second-order valence-corrected chi connectivity index (χ2v) is 8.52. The third-order valence-corrected chi connectivity index (χ3v) is 6.20. The molecule has 4 aromatic rings. The average molecular weight is 493 g/mol. The number of halogens is 4. The summed E-state index contributed by atoms with van der Waals surface area (Å²) in [6.07, 6.45) is 0. The number of benzene rings is 4. The van der Waals surface area contributed by atoms with Crippen LogP contribution in [0.3, 0.4) is 0 Å². The number of ether oxygens (including phenoxy) is 1. The highest BCUT2D eigenvalue weighted by molar-refractivity contribution is 6.37. The number of rotatable bonds is 6. The van der Waals surface area contributed by atoms with E-state index >= 15 is 0 Å². The minimum atomic E-state index is -0.139. The summed E-state index contributed by atoms with van der Waals surface area (Å²) < 4.78 is 6.15. The average Bonchev–Trinajstić information content (AvgIpc) is 2.76. The van der Waals surface area contributed by atoms with Crippen molar-refractivity contribution in [1.29, 1.82) is 0 Å². The maximum Gasteiger partial charge on any atom is 0.152 e. The molecule has 0 aliphatic carbocycles. The number of aromatic hydroxyl groups is 1. The molecule has 0 unspecified atom stereocenters. The SMILES string of the molecule is Oc1c(Cl)cc(NCc2c(OCc3c(Cl)cccc3Cl)ccc3ccccc23)cc1Cl. The van der Waals surface area contributed by atoms with E-state index in [9.17, 15) is 5.11 Å². The number of nitrogens with one attached hydrogen (secondary N) is 1. The van der Waals surface area contributed by atoms with Crippen molar-refractivity contribution in [3.8, 4) is 11.5 Å². The first-order chi connectivity index (χ1) is 14.9. The third-order valence-electron chi connectivity index (χ3n) is 4.92. The molecule has 0 saturated heterocycles. The van der Waals surface area contributed by atoms with Crippen LogP contribution in [0, 0.1) is 0 Å². The Morgan fingerprint density at radius 2 is 1.42 bits per heavy atom. The maximum atomic E-state index is 9.79. The Morgan fingerprint density at radius 3 is 2.13 bits per heavy atom. The lowest BCUT2D eigenvalue weighted by Crippen LogP contribution is -2.05. The number of anilines is 1. The fourth-order valence-electron chi connectivity index (χ4n) is 3.31. The van der Waals surface area contributed by atoms with Gasteiger partial charge in [-0.3, -0.25) is 0 Å². The zero-order valence-electron chi connectivity index (χ0n) is 16.1. The van der Waals surface area contributed by atoms with E-state index in [1.807, 2.05) is 36.4 Å². The van der Waals surface area contributed by atoms with Crippen molar-refractivity contribution < 1.29 is 9.84 Å². The van der Waals surface area contributed by atoms with Gasteiger partial charge in [-0.2, -0.15) is 0 Å². The standard InChI is InChI=1S/C24H17Cl4NO2/c25-19-6-3-7-20(26)18(19)13-31-23-9-8-14-4-1-2-5-16(14)17(23)12-29-15-10-21(27)24(30)22(28)11-15/h1-11,29-30H,12-13H2. The molecule has 0 aliphatic heterocycles. The molecule has 0 spiro atoms. The summed E-state index contributed by atoms with van der Waals surface area (Å²) in [5, 5.41) is 16.7. The number of hydrogen-bond acceptors (Lipinski definition) is 3. The molecule has 0 atom stereocenters. The largest absolute Gasteiger partial charge is 0.505 e. The van der Waals surface area contributed by atoms with Gasteiger partial charge < -0.3 is 15.2 Å². The van der Waals surface area contributed by atoms with Crippen molar-refractivity contribution in [1.82, 2.24) is 0 Å². The highest BCUT2D eigenvalue weighted by atomic mass is 35.5. The lowest BCUT2D eigenvalue weighted by molar-refractivity contribution is 0.304. The molecule has 4 aromatic carbocycles. The highest BCUT2D eigenvalue weighted by Crippen LogP contribution is 2.36. The molecule has 3 nitrogen and oxygen atoms in total. The van der Waals surface area contributed by atoms with Crippen molar-refractivity contribution in [2.45, 2.75) is 13.2 Å². The van der Waals surface area contributed by atoms with Crippen LogP contribution in [0.4, 0.5) is 5.69 Å². The van der Waals surface area contributed by atoms with Gasteiger partial charge in [0.2, 0.25) is 0 Å². The zero-order valence-corrected chi connectivity index (χ0v) is 19.2. The summed E-state index contributed by atoms with van der Waals surface area (Å²) in [7, 11) is 0. The van der Waals surface area contributed by atoms with Gasteiger partial charge in [0.05, 0.1) is 10.0 Å². The van der Waals surface area contributed by atoms with Gasteiger partial charge in [-0.05, 0) is 41.1 Å². The molecule has 2 N–H and O–H groups in total. The summed E-state index contributed by atoms with van der Waals surface area (Å²) >= 11 is 24.7. The first-order valence-corrected chi connectivity index (χ1v) is 10.9. The third kappa shape index (κ3) is 4.81. The molecule has 0 amide bonds. The van der Waals surface area contributed by atoms with Gasteiger partial charge in [0.25, 0.3) is 0 Å². The topological polar surface area (TPSA) is 41.5 Å². The van der Waals surface area contributed by atoms with Crippen LogP contribution in [0.2, 0.25) is 20.1 Å². The van der Waals surface area contributed by atoms with Crippen molar-refractivity contribution in [2.75, 3.05) is 5.32 Å². The van der Waals surface area contributed by atoms with Crippen LogP contribution in [-0.4, -0.2) is 5.11 Å². The summed E-state index contributed by atoms with van der Waals surface area (Å²) in [4.78, 5) is 0. The Hall–Kier alpha value is -2.30. The Kier molecular flexibility index (Phi) is 6.68. The first kappa shape index (κ1) is 21.9. The molecule has 4 rings (SSSR count). The van der Waals surface area contributed by atoms with Crippen LogP contribution in [0.1, 0.15) is 11.1 Å². The van der Waals surface area contributed by atoms with Crippen molar-refractivity contribution >= 4 is 62.9 Å². The quantitative estimate of drug-likeness (QED) is 0.265. The molecule has 0 fully saturated rings. The molecule has 0 aromatic heterocycles. The van der Waals surface area contributed by atoms with E-state index in [1.54, 1.807) is 30.3 Å². The van der Waals surface area contributed by atoms with Crippen LogP contribution >= 0.6 is 46.4 Å². The summed E-state index contributed by atoms with van der Waals surface area (Å²) in [6.45, 7) is 0.686. The molecule has 7 heteroatoms. The zero-order chi connectivity index (χ0) is 22.0.